The molecule has 3 rings (SSSR count). The highest BCUT2D eigenvalue weighted by atomic mass is 32.2. The lowest BCUT2D eigenvalue weighted by molar-refractivity contribution is 0.0831. The number of hydrogen-bond acceptors (Lipinski definition) is 5. The molecule has 0 aliphatic rings. The van der Waals surface area contributed by atoms with E-state index >= 15 is 0 Å². The number of aryl methyl sites for hydroxylation is 1. The van der Waals surface area contributed by atoms with E-state index < -0.39 is 21.8 Å². The number of carbonyl (C=O) groups excluding carboxylic acids is 2. The van der Waals surface area contributed by atoms with Gasteiger partial charge in [0.25, 0.3) is 5.91 Å². The third-order valence-corrected chi connectivity index (χ3v) is 5.63. The fraction of sp³-hybridized carbons (Fsp3) is 0.100. The van der Waals surface area contributed by atoms with Crippen molar-refractivity contribution in [3.8, 4) is 0 Å². The van der Waals surface area contributed by atoms with Crippen molar-refractivity contribution in [3.63, 3.8) is 0 Å². The molecular weight excluding hydrogens is 394 g/mol. The van der Waals surface area contributed by atoms with Crippen LogP contribution in [0.5, 0.6) is 0 Å². The highest BCUT2D eigenvalue weighted by Gasteiger charge is 2.19. The molecule has 150 valence electrons. The molecule has 0 saturated heterocycles. The summed E-state index contributed by atoms with van der Waals surface area (Å²) >= 11 is 0. The van der Waals surface area contributed by atoms with Crippen LogP contribution in [0.1, 0.15) is 32.0 Å². The summed E-state index contributed by atoms with van der Waals surface area (Å²) in [4.78, 5) is 24.1. The van der Waals surface area contributed by atoms with Gasteiger partial charge in [-0.15, -0.1) is 0 Å². The SMILES string of the molecule is Cc1ccc(C(=O)NNC(=O)c2ccco2)cc1S(=O)(=O)NCc1ccccc1. The summed E-state index contributed by atoms with van der Waals surface area (Å²) in [6.45, 7) is 1.76. The number of nitrogens with one attached hydrogen (secondary N) is 3. The molecule has 3 N–H and O–H groups in total. The van der Waals surface area contributed by atoms with Crippen molar-refractivity contribution in [2.24, 2.45) is 0 Å². The molecule has 9 heteroatoms. The van der Waals surface area contributed by atoms with Crippen molar-refractivity contribution in [1.29, 1.82) is 0 Å². The lowest BCUT2D eigenvalue weighted by Gasteiger charge is -2.12. The third-order valence-electron chi connectivity index (χ3n) is 4.08. The van der Waals surface area contributed by atoms with Crippen molar-refractivity contribution in [2.75, 3.05) is 0 Å². The molecule has 0 saturated carbocycles. The van der Waals surface area contributed by atoms with Crippen LogP contribution in [0, 0.1) is 6.92 Å². The molecule has 3 aromatic rings. The predicted molar refractivity (Wildman–Crippen MR) is 105 cm³/mol. The van der Waals surface area contributed by atoms with E-state index in [4.69, 9.17) is 4.42 Å². The third kappa shape index (κ3) is 5.09. The molecule has 1 heterocycles. The summed E-state index contributed by atoms with van der Waals surface area (Å²) in [5.74, 6) is -1.26. The summed E-state index contributed by atoms with van der Waals surface area (Å²) < 4.78 is 32.8. The van der Waals surface area contributed by atoms with E-state index in [9.17, 15) is 18.0 Å². The van der Waals surface area contributed by atoms with Crippen LogP contribution in [0.4, 0.5) is 0 Å². The minimum absolute atomic E-state index is 0.0153. The van der Waals surface area contributed by atoms with Crippen LogP contribution in [0.2, 0.25) is 0 Å². The van der Waals surface area contributed by atoms with Crippen LogP contribution in [-0.2, 0) is 16.6 Å². The van der Waals surface area contributed by atoms with Crippen LogP contribution in [0.15, 0.2) is 76.2 Å². The number of furan rings is 1. The number of sulfonamides is 1. The minimum Gasteiger partial charge on any atom is -0.459 e. The van der Waals surface area contributed by atoms with Gasteiger partial charge in [0.2, 0.25) is 10.0 Å². The van der Waals surface area contributed by atoms with E-state index in [1.54, 1.807) is 19.1 Å². The van der Waals surface area contributed by atoms with Crippen LogP contribution in [-0.4, -0.2) is 20.2 Å². The van der Waals surface area contributed by atoms with Gasteiger partial charge >= 0.3 is 5.91 Å². The second kappa shape index (κ2) is 8.72. The first-order valence-corrected chi connectivity index (χ1v) is 10.1. The minimum atomic E-state index is -3.84. The van der Waals surface area contributed by atoms with Crippen LogP contribution >= 0.6 is 0 Å². The highest BCUT2D eigenvalue weighted by molar-refractivity contribution is 7.89. The average molecular weight is 413 g/mol. The van der Waals surface area contributed by atoms with Gasteiger partial charge in [-0.25, -0.2) is 13.1 Å². The van der Waals surface area contributed by atoms with E-state index in [2.05, 4.69) is 15.6 Å². The molecule has 8 nitrogen and oxygen atoms in total. The van der Waals surface area contributed by atoms with E-state index in [0.717, 1.165) is 5.56 Å². The molecule has 0 atom stereocenters. The number of amides is 2. The number of hydrogen-bond donors (Lipinski definition) is 3. The molecule has 0 fully saturated rings. The smallest absolute Gasteiger partial charge is 0.305 e. The molecule has 0 radical (unpaired) electrons. The molecular formula is C20H19N3O5S. The Labute approximate surface area is 168 Å². The lowest BCUT2D eigenvalue weighted by atomic mass is 10.1. The molecule has 0 spiro atoms. The maximum atomic E-state index is 12.7. The molecule has 29 heavy (non-hydrogen) atoms. The summed E-state index contributed by atoms with van der Waals surface area (Å²) in [5.41, 5.74) is 5.81. The van der Waals surface area contributed by atoms with Gasteiger partial charge in [0.05, 0.1) is 11.2 Å². The zero-order valence-electron chi connectivity index (χ0n) is 15.5. The second-order valence-corrected chi connectivity index (χ2v) is 7.91. The van der Waals surface area contributed by atoms with Crippen molar-refractivity contribution in [3.05, 3.63) is 89.4 Å². The maximum Gasteiger partial charge on any atom is 0.305 e. The van der Waals surface area contributed by atoms with Crippen LogP contribution in [0.25, 0.3) is 0 Å². The number of hydrazine groups is 1. The topological polar surface area (TPSA) is 118 Å². The summed E-state index contributed by atoms with van der Waals surface area (Å²) in [6.07, 6.45) is 1.33. The summed E-state index contributed by atoms with van der Waals surface area (Å²) in [7, 11) is -3.84. The van der Waals surface area contributed by atoms with Gasteiger partial charge in [-0.3, -0.25) is 20.4 Å². The highest BCUT2D eigenvalue weighted by Crippen LogP contribution is 2.17. The summed E-state index contributed by atoms with van der Waals surface area (Å²) in [6, 6.07) is 16.3. The van der Waals surface area contributed by atoms with E-state index in [-0.39, 0.29) is 22.8 Å². The first kappa shape index (κ1) is 20.3. The standard InChI is InChI=1S/C20H19N3O5S/c1-14-9-10-16(19(24)22-23-20(25)17-8-5-11-28-17)12-18(14)29(26,27)21-13-15-6-3-2-4-7-15/h2-12,21H,13H2,1H3,(H,22,24)(H,23,25). The number of benzene rings is 2. The maximum absolute atomic E-state index is 12.7. The second-order valence-electron chi connectivity index (χ2n) is 6.18. The van der Waals surface area contributed by atoms with Crippen molar-refractivity contribution in [2.45, 2.75) is 18.4 Å². The molecule has 0 bridgehead atoms. The Morgan fingerprint density at radius 2 is 1.66 bits per heavy atom. The van der Waals surface area contributed by atoms with Crippen molar-refractivity contribution >= 4 is 21.8 Å². The van der Waals surface area contributed by atoms with Crippen LogP contribution < -0.4 is 15.6 Å². The van der Waals surface area contributed by atoms with Gasteiger partial charge in [0, 0.05) is 12.1 Å². The molecule has 1 aromatic heterocycles. The lowest BCUT2D eigenvalue weighted by Crippen LogP contribution is -2.41. The van der Waals surface area contributed by atoms with E-state index in [0.29, 0.717) is 5.56 Å². The normalized spacial score (nSPS) is 11.1. The van der Waals surface area contributed by atoms with Crippen molar-refractivity contribution < 1.29 is 22.4 Å². The summed E-state index contributed by atoms with van der Waals surface area (Å²) in [5, 5.41) is 0. The number of carbonyl (C=O) groups is 2. The monoisotopic (exact) mass is 413 g/mol. The predicted octanol–water partition coefficient (Wildman–Crippen LogP) is 2.14. The van der Waals surface area contributed by atoms with Gasteiger partial charge in [-0.2, -0.15) is 0 Å². The van der Waals surface area contributed by atoms with Crippen LogP contribution in [0.3, 0.4) is 0 Å². The first-order chi connectivity index (χ1) is 13.9. The zero-order valence-corrected chi connectivity index (χ0v) is 16.3. The molecule has 2 amide bonds. The Morgan fingerprint density at radius 1 is 0.931 bits per heavy atom. The Morgan fingerprint density at radius 3 is 2.34 bits per heavy atom. The molecule has 2 aromatic carbocycles. The van der Waals surface area contributed by atoms with E-state index in [1.165, 1.54) is 36.6 Å². The van der Waals surface area contributed by atoms with Gasteiger partial charge in [0.1, 0.15) is 0 Å². The van der Waals surface area contributed by atoms with Gasteiger partial charge < -0.3 is 4.42 Å². The van der Waals surface area contributed by atoms with Gasteiger partial charge in [-0.05, 0) is 42.3 Å². The fourth-order valence-corrected chi connectivity index (χ4v) is 3.82. The fourth-order valence-electron chi connectivity index (χ4n) is 2.54. The van der Waals surface area contributed by atoms with Gasteiger partial charge in [0.15, 0.2) is 5.76 Å². The largest absolute Gasteiger partial charge is 0.459 e. The number of rotatable bonds is 6. The Kier molecular flexibility index (Phi) is 6.10. The molecule has 0 aliphatic heterocycles. The van der Waals surface area contributed by atoms with E-state index in [1.807, 2.05) is 18.2 Å². The first-order valence-electron chi connectivity index (χ1n) is 8.65. The Hall–Kier alpha value is -3.43. The Balaban J connectivity index is 1.71. The van der Waals surface area contributed by atoms with Gasteiger partial charge in [-0.1, -0.05) is 36.4 Å². The molecule has 0 aliphatic carbocycles. The van der Waals surface area contributed by atoms with Crippen molar-refractivity contribution in [1.82, 2.24) is 15.6 Å². The molecule has 0 unspecified atom stereocenters. The quantitative estimate of drug-likeness (QED) is 0.535. The average Bonchev–Trinajstić information content (AvgIpc) is 3.26. The Bertz CT molecular complexity index is 1110. The zero-order chi connectivity index (χ0) is 20.9.